The molecule has 5 nitrogen and oxygen atoms in total. The van der Waals surface area contributed by atoms with E-state index in [9.17, 15) is 20.0 Å². The Kier molecular flexibility index (Phi) is 3.10. The smallest absolute Gasteiger partial charge is 0.307 e. The van der Waals surface area contributed by atoms with Crippen molar-refractivity contribution < 1.29 is 14.8 Å². The van der Waals surface area contributed by atoms with Crippen molar-refractivity contribution in [3.63, 3.8) is 0 Å². The Morgan fingerprint density at radius 3 is 2.76 bits per heavy atom. The summed E-state index contributed by atoms with van der Waals surface area (Å²) in [7, 11) is 0. The fourth-order valence-electron chi connectivity index (χ4n) is 4.28. The van der Waals surface area contributed by atoms with Crippen molar-refractivity contribution in [3.05, 3.63) is 10.1 Å². The number of hydrogen-bond acceptors (Lipinski definition) is 3. The summed E-state index contributed by atoms with van der Waals surface area (Å²) in [6, 6.07) is 0. The number of fused-ring (bicyclic) bond motifs is 1. The topological polar surface area (TPSA) is 80.4 Å². The maximum absolute atomic E-state index is 11.3. The van der Waals surface area contributed by atoms with E-state index in [1.165, 1.54) is 0 Å². The molecule has 1 unspecified atom stereocenters. The summed E-state index contributed by atoms with van der Waals surface area (Å²) in [6.07, 6.45) is 4.43. The lowest BCUT2D eigenvalue weighted by Crippen LogP contribution is -2.56. The first-order chi connectivity index (χ1) is 8.01. The molecule has 4 atom stereocenters. The molecule has 5 heteroatoms. The molecular weight excluding hydrogens is 222 g/mol. The molecule has 0 bridgehead atoms. The second kappa shape index (κ2) is 4.27. The summed E-state index contributed by atoms with van der Waals surface area (Å²) >= 11 is 0. The highest BCUT2D eigenvalue weighted by Gasteiger charge is 2.63. The highest BCUT2D eigenvalue weighted by atomic mass is 16.6. The summed E-state index contributed by atoms with van der Waals surface area (Å²) in [5.41, 5.74) is -0.564. The maximum atomic E-state index is 11.3. The van der Waals surface area contributed by atoms with E-state index in [0.717, 1.165) is 25.7 Å². The van der Waals surface area contributed by atoms with Crippen LogP contribution in [0.1, 0.15) is 39.0 Å². The molecule has 17 heavy (non-hydrogen) atoms. The molecule has 0 radical (unpaired) electrons. The zero-order valence-electron chi connectivity index (χ0n) is 10.1. The van der Waals surface area contributed by atoms with E-state index in [4.69, 9.17) is 0 Å². The Hall–Kier alpha value is -1.13. The lowest BCUT2D eigenvalue weighted by Gasteiger charge is -2.53. The molecule has 0 aliphatic heterocycles. The molecule has 96 valence electrons. The molecular formula is C12H19NO4. The summed E-state index contributed by atoms with van der Waals surface area (Å²) in [6.45, 7) is 1.65. The molecule has 2 rings (SSSR count). The van der Waals surface area contributed by atoms with Gasteiger partial charge in [0.1, 0.15) is 0 Å². The van der Waals surface area contributed by atoms with Crippen LogP contribution in [0.4, 0.5) is 0 Å². The van der Waals surface area contributed by atoms with Crippen LogP contribution in [0, 0.1) is 33.3 Å². The van der Waals surface area contributed by atoms with Crippen LogP contribution >= 0.6 is 0 Å². The lowest BCUT2D eigenvalue weighted by molar-refractivity contribution is -0.510. The van der Waals surface area contributed by atoms with E-state index in [-0.39, 0.29) is 17.4 Å². The zero-order chi connectivity index (χ0) is 12.6. The largest absolute Gasteiger partial charge is 0.481 e. The van der Waals surface area contributed by atoms with Gasteiger partial charge in [-0.05, 0) is 31.1 Å². The fourth-order valence-corrected chi connectivity index (χ4v) is 4.28. The maximum Gasteiger partial charge on any atom is 0.307 e. The average Bonchev–Trinajstić information content (AvgIpc) is 2.59. The lowest BCUT2D eigenvalue weighted by atomic mass is 9.49. The molecule has 2 aliphatic rings. The van der Waals surface area contributed by atoms with Crippen molar-refractivity contribution in [1.29, 1.82) is 0 Å². The van der Waals surface area contributed by atoms with Gasteiger partial charge in [-0.15, -0.1) is 0 Å². The Morgan fingerprint density at radius 2 is 2.29 bits per heavy atom. The van der Waals surface area contributed by atoms with Crippen molar-refractivity contribution in [2.24, 2.45) is 23.2 Å². The van der Waals surface area contributed by atoms with Crippen LogP contribution in [0.25, 0.3) is 0 Å². The standard InChI is InChI=1S/C12H19NO4/c1-2-9(11(14)15)12(7-13(16)17)6-8-4-3-5-10(8)12/h8-10H,2-7H2,1H3,(H,14,15)/t8-,9?,10-,12-/m1/s1. The summed E-state index contributed by atoms with van der Waals surface area (Å²) < 4.78 is 0. The van der Waals surface area contributed by atoms with Gasteiger partial charge in [0.05, 0.1) is 11.3 Å². The monoisotopic (exact) mass is 241 g/mol. The number of nitro groups is 1. The highest BCUT2D eigenvalue weighted by molar-refractivity contribution is 5.71. The molecule has 0 aromatic rings. The van der Waals surface area contributed by atoms with Crippen LogP contribution in [-0.4, -0.2) is 22.5 Å². The minimum Gasteiger partial charge on any atom is -0.481 e. The quantitative estimate of drug-likeness (QED) is 0.591. The van der Waals surface area contributed by atoms with Gasteiger partial charge in [-0.2, -0.15) is 0 Å². The Morgan fingerprint density at radius 1 is 1.59 bits per heavy atom. The molecule has 0 amide bonds. The van der Waals surface area contributed by atoms with E-state index in [0.29, 0.717) is 12.3 Å². The van der Waals surface area contributed by atoms with Crippen molar-refractivity contribution in [2.75, 3.05) is 6.54 Å². The van der Waals surface area contributed by atoms with Crippen LogP contribution < -0.4 is 0 Å². The van der Waals surface area contributed by atoms with E-state index in [1.807, 2.05) is 6.92 Å². The molecule has 0 aromatic carbocycles. The van der Waals surface area contributed by atoms with Gasteiger partial charge >= 0.3 is 5.97 Å². The predicted octanol–water partition coefficient (Wildman–Crippen LogP) is 2.18. The third-order valence-electron chi connectivity index (χ3n) is 4.86. The van der Waals surface area contributed by atoms with Crippen molar-refractivity contribution in [2.45, 2.75) is 39.0 Å². The van der Waals surface area contributed by atoms with Crippen LogP contribution in [0.5, 0.6) is 0 Å². The number of carboxylic acid groups (broad SMARTS) is 1. The molecule has 2 fully saturated rings. The van der Waals surface area contributed by atoms with E-state index in [1.54, 1.807) is 0 Å². The van der Waals surface area contributed by atoms with Crippen LogP contribution in [0.3, 0.4) is 0 Å². The minimum absolute atomic E-state index is 0.168. The number of hydrogen-bond donors (Lipinski definition) is 1. The Balaban J connectivity index is 2.24. The number of carboxylic acids is 1. The minimum atomic E-state index is -0.861. The number of carbonyl (C=O) groups is 1. The second-order valence-electron chi connectivity index (χ2n) is 5.52. The SMILES string of the molecule is CCC(C(=O)O)[C@]1(C[N+](=O)[O-])C[C@H]2CCC[C@H]21. The van der Waals surface area contributed by atoms with Gasteiger partial charge < -0.3 is 5.11 Å². The first kappa shape index (κ1) is 12.3. The van der Waals surface area contributed by atoms with Crippen molar-refractivity contribution in [1.82, 2.24) is 0 Å². The van der Waals surface area contributed by atoms with E-state index in [2.05, 4.69) is 0 Å². The Bertz CT molecular complexity index is 343. The van der Waals surface area contributed by atoms with Gasteiger partial charge in [0.2, 0.25) is 6.54 Å². The van der Waals surface area contributed by atoms with Gasteiger partial charge in [-0.3, -0.25) is 14.9 Å². The van der Waals surface area contributed by atoms with Crippen molar-refractivity contribution in [3.8, 4) is 0 Å². The number of rotatable bonds is 5. The summed E-state index contributed by atoms with van der Waals surface area (Å²) in [5.74, 6) is -0.593. The molecule has 2 aliphatic carbocycles. The van der Waals surface area contributed by atoms with Crippen LogP contribution in [-0.2, 0) is 4.79 Å². The number of aliphatic carboxylic acids is 1. The normalized spacial score (nSPS) is 37.0. The molecule has 0 saturated heterocycles. The molecule has 0 heterocycles. The molecule has 0 spiro atoms. The van der Waals surface area contributed by atoms with Crippen LogP contribution in [0.2, 0.25) is 0 Å². The number of nitrogens with zero attached hydrogens (tertiary/aromatic N) is 1. The zero-order valence-corrected chi connectivity index (χ0v) is 10.1. The third-order valence-corrected chi connectivity index (χ3v) is 4.86. The molecule has 2 saturated carbocycles. The van der Waals surface area contributed by atoms with Crippen molar-refractivity contribution >= 4 is 5.97 Å². The third kappa shape index (κ3) is 1.81. The average molecular weight is 241 g/mol. The van der Waals surface area contributed by atoms with Gasteiger partial charge in [-0.25, -0.2) is 0 Å². The van der Waals surface area contributed by atoms with Gasteiger partial charge in [0, 0.05) is 4.92 Å². The summed E-state index contributed by atoms with van der Waals surface area (Å²) in [5, 5.41) is 20.1. The van der Waals surface area contributed by atoms with Crippen LogP contribution in [0.15, 0.2) is 0 Å². The molecule has 0 aromatic heterocycles. The van der Waals surface area contributed by atoms with Gasteiger partial charge in [-0.1, -0.05) is 19.8 Å². The van der Waals surface area contributed by atoms with Gasteiger partial charge in [0.15, 0.2) is 0 Å². The molecule has 1 N–H and O–H groups in total. The predicted molar refractivity (Wildman–Crippen MR) is 61.2 cm³/mol. The second-order valence-corrected chi connectivity index (χ2v) is 5.52. The highest BCUT2D eigenvalue weighted by Crippen LogP contribution is 2.63. The van der Waals surface area contributed by atoms with E-state index >= 15 is 0 Å². The fraction of sp³-hybridized carbons (Fsp3) is 0.917. The van der Waals surface area contributed by atoms with E-state index < -0.39 is 17.3 Å². The first-order valence-electron chi connectivity index (χ1n) is 6.36. The first-order valence-corrected chi connectivity index (χ1v) is 6.36. The van der Waals surface area contributed by atoms with Gasteiger partial charge in [0.25, 0.3) is 0 Å². The Labute approximate surface area is 100 Å². The summed E-state index contributed by atoms with van der Waals surface area (Å²) in [4.78, 5) is 21.8.